The maximum Gasteiger partial charge on any atom is 0.123 e. The number of rotatable bonds is 7. The number of ether oxygens (including phenoxy) is 1. The Morgan fingerprint density at radius 1 is 1.33 bits per heavy atom. The van der Waals surface area contributed by atoms with Crippen LogP contribution < -0.4 is 4.74 Å². The Balaban J connectivity index is 3.07. The van der Waals surface area contributed by atoms with E-state index in [0.29, 0.717) is 6.04 Å². The Labute approximate surface area is 110 Å². The van der Waals surface area contributed by atoms with Crippen LogP contribution in [0.15, 0.2) is 18.2 Å². The molecule has 0 fully saturated rings. The molecule has 0 aromatic heterocycles. The van der Waals surface area contributed by atoms with Crippen LogP contribution in [0.3, 0.4) is 0 Å². The zero-order chi connectivity index (χ0) is 13.5. The van der Waals surface area contributed by atoms with Crippen LogP contribution in [-0.2, 0) is 6.42 Å². The minimum absolute atomic E-state index is 0.236. The van der Waals surface area contributed by atoms with Crippen molar-refractivity contribution in [2.24, 2.45) is 0 Å². The molecule has 1 rings (SSSR count). The highest BCUT2D eigenvalue weighted by molar-refractivity contribution is 5.39. The minimum Gasteiger partial charge on any atom is -0.496 e. The maximum absolute atomic E-state index is 9.02. The fourth-order valence-electron chi connectivity index (χ4n) is 2.24. The number of aliphatic hydroxyl groups is 1. The van der Waals surface area contributed by atoms with Crippen molar-refractivity contribution in [3.05, 3.63) is 29.3 Å². The quantitative estimate of drug-likeness (QED) is 0.808. The molecule has 18 heavy (non-hydrogen) atoms. The summed E-state index contributed by atoms with van der Waals surface area (Å²) in [6, 6.07) is 6.67. The summed E-state index contributed by atoms with van der Waals surface area (Å²) in [5.41, 5.74) is 2.54. The molecule has 1 atom stereocenters. The fourth-order valence-corrected chi connectivity index (χ4v) is 2.24. The molecule has 0 bridgehead atoms. The van der Waals surface area contributed by atoms with Crippen molar-refractivity contribution in [3.8, 4) is 5.75 Å². The highest BCUT2D eigenvalue weighted by atomic mass is 16.5. The Bertz CT molecular complexity index is 364. The molecule has 0 spiro atoms. The van der Waals surface area contributed by atoms with E-state index in [0.717, 1.165) is 25.0 Å². The molecule has 1 N–H and O–H groups in total. The molecule has 102 valence electrons. The Hall–Kier alpha value is -1.06. The molecule has 0 aliphatic rings. The van der Waals surface area contributed by atoms with Crippen molar-refractivity contribution in [2.45, 2.75) is 32.2 Å². The SMILES string of the molecule is CCc1ccc(OC)c(C(CCCO)N(C)C)c1. The number of methoxy groups -OCH3 is 1. The molecule has 0 amide bonds. The average molecular weight is 251 g/mol. The largest absolute Gasteiger partial charge is 0.496 e. The normalized spacial score (nSPS) is 12.8. The van der Waals surface area contributed by atoms with Gasteiger partial charge in [-0.2, -0.15) is 0 Å². The molecule has 0 saturated heterocycles. The number of aliphatic hydroxyl groups excluding tert-OH is 1. The Morgan fingerprint density at radius 3 is 2.56 bits per heavy atom. The predicted octanol–water partition coefficient (Wildman–Crippen LogP) is 2.63. The van der Waals surface area contributed by atoms with Crippen LogP contribution in [0.25, 0.3) is 0 Å². The van der Waals surface area contributed by atoms with Crippen LogP contribution in [0.4, 0.5) is 0 Å². The van der Waals surface area contributed by atoms with Gasteiger partial charge in [-0.15, -0.1) is 0 Å². The van der Waals surface area contributed by atoms with Crippen molar-refractivity contribution in [1.82, 2.24) is 4.90 Å². The fraction of sp³-hybridized carbons (Fsp3) is 0.600. The van der Waals surface area contributed by atoms with E-state index in [1.165, 1.54) is 11.1 Å². The lowest BCUT2D eigenvalue weighted by Gasteiger charge is -2.26. The first-order valence-electron chi connectivity index (χ1n) is 6.58. The topological polar surface area (TPSA) is 32.7 Å². The second-order valence-corrected chi connectivity index (χ2v) is 4.78. The van der Waals surface area contributed by atoms with Crippen molar-refractivity contribution < 1.29 is 9.84 Å². The first-order valence-corrected chi connectivity index (χ1v) is 6.58. The standard InChI is InChI=1S/C15H25NO2/c1-5-12-8-9-15(18-4)13(11-12)14(16(2)3)7-6-10-17/h8-9,11,14,17H,5-7,10H2,1-4H3. The number of aryl methyl sites for hydroxylation is 1. The van der Waals surface area contributed by atoms with E-state index in [1.807, 2.05) is 6.07 Å². The van der Waals surface area contributed by atoms with Gasteiger partial charge in [0.05, 0.1) is 7.11 Å². The van der Waals surface area contributed by atoms with Gasteiger partial charge in [0.15, 0.2) is 0 Å². The second-order valence-electron chi connectivity index (χ2n) is 4.78. The van der Waals surface area contributed by atoms with E-state index < -0.39 is 0 Å². The van der Waals surface area contributed by atoms with Gasteiger partial charge in [0.25, 0.3) is 0 Å². The molecule has 0 aliphatic heterocycles. The summed E-state index contributed by atoms with van der Waals surface area (Å²) in [6.07, 6.45) is 2.77. The Morgan fingerprint density at radius 2 is 2.06 bits per heavy atom. The molecule has 0 heterocycles. The minimum atomic E-state index is 0.236. The van der Waals surface area contributed by atoms with Gasteiger partial charge in [-0.3, -0.25) is 0 Å². The first kappa shape index (κ1) is 15.0. The number of hydrogen-bond acceptors (Lipinski definition) is 3. The first-order chi connectivity index (χ1) is 8.63. The summed E-state index contributed by atoms with van der Waals surface area (Å²) in [4.78, 5) is 2.19. The van der Waals surface area contributed by atoms with Gasteiger partial charge < -0.3 is 14.7 Å². The molecule has 1 aromatic rings. The van der Waals surface area contributed by atoms with E-state index in [4.69, 9.17) is 9.84 Å². The molecule has 3 heteroatoms. The summed E-state index contributed by atoms with van der Waals surface area (Å²) >= 11 is 0. The van der Waals surface area contributed by atoms with Gasteiger partial charge in [-0.25, -0.2) is 0 Å². The van der Waals surface area contributed by atoms with Crippen LogP contribution >= 0.6 is 0 Å². The van der Waals surface area contributed by atoms with Gasteiger partial charge in [0.2, 0.25) is 0 Å². The zero-order valence-electron chi connectivity index (χ0n) is 11.9. The summed E-state index contributed by atoms with van der Waals surface area (Å²) < 4.78 is 5.47. The smallest absolute Gasteiger partial charge is 0.123 e. The van der Waals surface area contributed by atoms with Gasteiger partial charge in [-0.1, -0.05) is 19.1 Å². The molecule has 1 aromatic carbocycles. The number of nitrogens with zero attached hydrogens (tertiary/aromatic N) is 1. The van der Waals surface area contributed by atoms with Gasteiger partial charge >= 0.3 is 0 Å². The van der Waals surface area contributed by atoms with Crippen molar-refractivity contribution in [2.75, 3.05) is 27.8 Å². The third kappa shape index (κ3) is 3.72. The third-order valence-corrected chi connectivity index (χ3v) is 3.32. The van der Waals surface area contributed by atoms with E-state index >= 15 is 0 Å². The third-order valence-electron chi connectivity index (χ3n) is 3.32. The summed E-state index contributed by atoms with van der Waals surface area (Å²) in [5, 5.41) is 9.02. The predicted molar refractivity (Wildman–Crippen MR) is 75.1 cm³/mol. The number of hydrogen-bond donors (Lipinski definition) is 1. The van der Waals surface area contributed by atoms with Crippen molar-refractivity contribution in [1.29, 1.82) is 0 Å². The van der Waals surface area contributed by atoms with Crippen LogP contribution in [0.5, 0.6) is 5.75 Å². The summed E-state index contributed by atoms with van der Waals surface area (Å²) in [7, 11) is 5.85. The van der Waals surface area contributed by atoms with Crippen LogP contribution in [0.1, 0.15) is 36.9 Å². The molecule has 1 unspecified atom stereocenters. The lowest BCUT2D eigenvalue weighted by atomic mass is 9.97. The highest BCUT2D eigenvalue weighted by Gasteiger charge is 2.18. The van der Waals surface area contributed by atoms with E-state index in [9.17, 15) is 0 Å². The Kier molecular flexibility index (Phi) is 6.16. The second kappa shape index (κ2) is 7.39. The van der Waals surface area contributed by atoms with Gasteiger partial charge in [-0.05, 0) is 45.0 Å². The van der Waals surface area contributed by atoms with Crippen LogP contribution in [-0.4, -0.2) is 37.8 Å². The zero-order valence-corrected chi connectivity index (χ0v) is 11.9. The highest BCUT2D eigenvalue weighted by Crippen LogP contribution is 2.32. The molecule has 0 radical (unpaired) electrons. The average Bonchev–Trinajstić information content (AvgIpc) is 2.38. The molecule has 3 nitrogen and oxygen atoms in total. The lowest BCUT2D eigenvalue weighted by molar-refractivity contribution is 0.231. The summed E-state index contributed by atoms with van der Waals surface area (Å²) in [6.45, 7) is 2.39. The molecular formula is C15H25NO2. The maximum atomic E-state index is 9.02. The molecular weight excluding hydrogens is 226 g/mol. The van der Waals surface area contributed by atoms with Crippen LogP contribution in [0.2, 0.25) is 0 Å². The van der Waals surface area contributed by atoms with Crippen LogP contribution in [0, 0.1) is 0 Å². The van der Waals surface area contributed by atoms with Crippen molar-refractivity contribution >= 4 is 0 Å². The van der Waals surface area contributed by atoms with E-state index in [2.05, 4.69) is 38.1 Å². The van der Waals surface area contributed by atoms with E-state index in [1.54, 1.807) is 7.11 Å². The van der Waals surface area contributed by atoms with E-state index in [-0.39, 0.29) is 6.61 Å². The van der Waals surface area contributed by atoms with Crippen molar-refractivity contribution in [3.63, 3.8) is 0 Å². The lowest BCUT2D eigenvalue weighted by Crippen LogP contribution is -2.21. The van der Waals surface area contributed by atoms with Gasteiger partial charge in [0, 0.05) is 18.2 Å². The molecule has 0 saturated carbocycles. The monoisotopic (exact) mass is 251 g/mol. The molecule has 0 aliphatic carbocycles. The van der Waals surface area contributed by atoms with Gasteiger partial charge in [0.1, 0.15) is 5.75 Å². The summed E-state index contributed by atoms with van der Waals surface area (Å²) in [5.74, 6) is 0.934. The number of benzene rings is 1.